The Balaban J connectivity index is 1.47. The van der Waals surface area contributed by atoms with E-state index in [0.29, 0.717) is 62.5 Å². The predicted molar refractivity (Wildman–Crippen MR) is 143 cm³/mol. The Morgan fingerprint density at radius 2 is 0.778 bits per heavy atom. The average Bonchev–Trinajstić information content (AvgIpc) is 2.91. The summed E-state index contributed by atoms with van der Waals surface area (Å²) in [7, 11) is 0. The summed E-state index contributed by atoms with van der Waals surface area (Å²) in [6.07, 6.45) is 4.03. The van der Waals surface area contributed by atoms with E-state index in [0.717, 1.165) is 22.3 Å². The van der Waals surface area contributed by atoms with Crippen LogP contribution < -0.4 is 0 Å². The summed E-state index contributed by atoms with van der Waals surface area (Å²) < 4.78 is 0. The first-order valence-electron chi connectivity index (χ1n) is 12.7. The first kappa shape index (κ1) is 26.9. The first-order chi connectivity index (χ1) is 17.4. The van der Waals surface area contributed by atoms with Gasteiger partial charge in [-0.2, -0.15) is 0 Å². The van der Waals surface area contributed by atoms with Crippen molar-refractivity contribution in [2.45, 2.75) is 65.2 Å². The van der Waals surface area contributed by atoms with E-state index in [1.165, 1.54) is 0 Å². The maximum atomic E-state index is 12.6. The van der Waals surface area contributed by atoms with E-state index in [-0.39, 0.29) is 23.1 Å². The van der Waals surface area contributed by atoms with E-state index in [1.807, 2.05) is 62.4 Å². The third-order valence-corrected chi connectivity index (χ3v) is 6.45. The molecule has 0 saturated heterocycles. The van der Waals surface area contributed by atoms with Gasteiger partial charge in [0.1, 0.15) is 11.6 Å². The van der Waals surface area contributed by atoms with Gasteiger partial charge in [0.25, 0.3) is 0 Å². The fraction of sp³-hybridized carbons (Fsp3) is 0.312. The zero-order valence-electron chi connectivity index (χ0n) is 21.2. The molecule has 0 bridgehead atoms. The Bertz CT molecular complexity index is 1090. The van der Waals surface area contributed by atoms with E-state index < -0.39 is 0 Å². The Kier molecular flexibility index (Phi) is 10.1. The monoisotopic (exact) mass is 482 g/mol. The summed E-state index contributed by atoms with van der Waals surface area (Å²) in [6, 6.07) is 22.6. The van der Waals surface area contributed by atoms with Crippen LogP contribution in [-0.4, -0.2) is 23.1 Å². The van der Waals surface area contributed by atoms with Crippen molar-refractivity contribution in [1.29, 1.82) is 0 Å². The molecule has 0 aliphatic rings. The van der Waals surface area contributed by atoms with Gasteiger partial charge in [-0.15, -0.1) is 0 Å². The van der Waals surface area contributed by atoms with Gasteiger partial charge in [-0.05, 0) is 35.1 Å². The summed E-state index contributed by atoms with van der Waals surface area (Å²) in [5.74, 6) is 0.520. The van der Waals surface area contributed by atoms with Crippen LogP contribution in [0, 0.1) is 0 Å². The van der Waals surface area contributed by atoms with Gasteiger partial charge in [0.2, 0.25) is 0 Å². The minimum atomic E-state index is 0.0425. The summed E-state index contributed by atoms with van der Waals surface area (Å²) in [6.45, 7) is 3.73. The second-order valence-corrected chi connectivity index (χ2v) is 9.19. The largest absolute Gasteiger partial charge is 0.299 e. The molecule has 3 rings (SSSR count). The zero-order valence-corrected chi connectivity index (χ0v) is 21.2. The molecule has 3 aromatic carbocycles. The Hall–Kier alpha value is -3.66. The SMILES string of the molecule is CCC(=O)Cc1ccc(CCC(=O)c2ccc(C(=O)CCc3ccc(CC(=O)CC)cc3)cc2)cc1. The van der Waals surface area contributed by atoms with Crippen LogP contribution >= 0.6 is 0 Å². The van der Waals surface area contributed by atoms with E-state index >= 15 is 0 Å². The average molecular weight is 483 g/mol. The molecular weight excluding hydrogens is 448 g/mol. The molecule has 3 aromatic rings. The van der Waals surface area contributed by atoms with Crippen LogP contribution in [0.15, 0.2) is 72.8 Å². The van der Waals surface area contributed by atoms with Gasteiger partial charge in [-0.1, -0.05) is 86.6 Å². The third kappa shape index (κ3) is 8.23. The second kappa shape index (κ2) is 13.4. The number of benzene rings is 3. The van der Waals surface area contributed by atoms with E-state index in [4.69, 9.17) is 0 Å². The maximum Gasteiger partial charge on any atom is 0.163 e. The molecular formula is C32H34O4. The van der Waals surface area contributed by atoms with Gasteiger partial charge < -0.3 is 0 Å². The van der Waals surface area contributed by atoms with Gasteiger partial charge in [0, 0.05) is 49.7 Å². The lowest BCUT2D eigenvalue weighted by Gasteiger charge is -2.06. The van der Waals surface area contributed by atoms with E-state index in [2.05, 4.69) is 0 Å². The van der Waals surface area contributed by atoms with Gasteiger partial charge in [-0.3, -0.25) is 19.2 Å². The molecule has 0 saturated carbocycles. The molecule has 4 nitrogen and oxygen atoms in total. The fourth-order valence-corrected chi connectivity index (χ4v) is 4.00. The Labute approximate surface area is 213 Å². The molecule has 0 spiro atoms. The van der Waals surface area contributed by atoms with Crippen molar-refractivity contribution in [1.82, 2.24) is 0 Å². The van der Waals surface area contributed by atoms with Crippen LogP contribution in [0.4, 0.5) is 0 Å². The first-order valence-corrected chi connectivity index (χ1v) is 12.7. The minimum Gasteiger partial charge on any atom is -0.299 e. The van der Waals surface area contributed by atoms with Crippen molar-refractivity contribution in [3.63, 3.8) is 0 Å². The van der Waals surface area contributed by atoms with Crippen molar-refractivity contribution in [3.05, 3.63) is 106 Å². The molecule has 0 N–H and O–H groups in total. The highest BCUT2D eigenvalue weighted by Crippen LogP contribution is 2.15. The normalized spacial score (nSPS) is 10.7. The van der Waals surface area contributed by atoms with Crippen molar-refractivity contribution in [2.24, 2.45) is 0 Å². The molecule has 186 valence electrons. The van der Waals surface area contributed by atoms with Crippen molar-refractivity contribution in [3.8, 4) is 0 Å². The number of hydrogen-bond acceptors (Lipinski definition) is 4. The number of ketones is 4. The maximum absolute atomic E-state index is 12.6. The second-order valence-electron chi connectivity index (χ2n) is 9.19. The lowest BCUT2D eigenvalue weighted by molar-refractivity contribution is -0.118. The Morgan fingerprint density at radius 1 is 0.472 bits per heavy atom. The van der Waals surface area contributed by atoms with Gasteiger partial charge in [0.15, 0.2) is 11.6 Å². The molecule has 0 fully saturated rings. The highest BCUT2D eigenvalue weighted by atomic mass is 16.1. The topological polar surface area (TPSA) is 68.3 Å². The van der Waals surface area contributed by atoms with Crippen LogP contribution in [0.25, 0.3) is 0 Å². The van der Waals surface area contributed by atoms with Gasteiger partial charge >= 0.3 is 0 Å². The zero-order chi connectivity index (χ0) is 25.9. The van der Waals surface area contributed by atoms with Crippen LogP contribution in [0.3, 0.4) is 0 Å². The minimum absolute atomic E-state index is 0.0425. The van der Waals surface area contributed by atoms with Crippen LogP contribution in [-0.2, 0) is 35.3 Å². The lowest BCUT2D eigenvalue weighted by Crippen LogP contribution is -2.05. The lowest BCUT2D eigenvalue weighted by atomic mass is 9.97. The summed E-state index contributed by atoms with van der Waals surface area (Å²) in [5.41, 5.74) is 5.33. The highest BCUT2D eigenvalue weighted by Gasteiger charge is 2.11. The number of aryl methyl sites for hydroxylation is 2. The smallest absolute Gasteiger partial charge is 0.163 e. The summed E-state index contributed by atoms with van der Waals surface area (Å²) in [4.78, 5) is 48.4. The molecule has 0 aliphatic heterocycles. The predicted octanol–water partition coefficient (Wildman–Crippen LogP) is 6.36. The van der Waals surface area contributed by atoms with Crippen molar-refractivity contribution >= 4 is 23.1 Å². The molecule has 0 radical (unpaired) electrons. The molecule has 0 aromatic heterocycles. The molecule has 36 heavy (non-hydrogen) atoms. The number of hydrogen-bond donors (Lipinski definition) is 0. The molecule has 0 atom stereocenters. The third-order valence-electron chi connectivity index (χ3n) is 6.45. The van der Waals surface area contributed by atoms with E-state index in [1.54, 1.807) is 24.3 Å². The Morgan fingerprint density at radius 3 is 1.08 bits per heavy atom. The van der Waals surface area contributed by atoms with Gasteiger partial charge in [-0.25, -0.2) is 0 Å². The molecule has 4 heteroatoms. The van der Waals surface area contributed by atoms with Gasteiger partial charge in [0.05, 0.1) is 0 Å². The quantitative estimate of drug-likeness (QED) is 0.251. The summed E-state index contributed by atoms with van der Waals surface area (Å²) >= 11 is 0. The molecule has 0 unspecified atom stereocenters. The number of carbonyl (C=O) groups excluding carboxylic acids is 4. The van der Waals surface area contributed by atoms with Crippen LogP contribution in [0.1, 0.15) is 82.5 Å². The molecule has 0 aliphatic carbocycles. The highest BCUT2D eigenvalue weighted by molar-refractivity contribution is 5.99. The fourth-order valence-electron chi connectivity index (χ4n) is 4.00. The molecule has 0 amide bonds. The summed E-state index contributed by atoms with van der Waals surface area (Å²) in [5, 5.41) is 0. The van der Waals surface area contributed by atoms with Crippen LogP contribution in [0.2, 0.25) is 0 Å². The van der Waals surface area contributed by atoms with Crippen molar-refractivity contribution < 1.29 is 19.2 Å². The number of rotatable bonds is 14. The standard InChI is InChI=1S/C32H34O4/c1-3-29(33)21-25-9-5-23(6-10-25)13-19-31(35)27-15-17-28(18-16-27)32(36)20-14-24-7-11-26(12-8-24)22-30(34)4-2/h5-12,15-18H,3-4,13-14,19-22H2,1-2H3. The van der Waals surface area contributed by atoms with Crippen molar-refractivity contribution in [2.75, 3.05) is 0 Å². The number of carbonyl (C=O) groups is 4. The number of Topliss-reactive ketones (excluding diaryl/α,β-unsaturated/α-hetero) is 4. The molecule has 0 heterocycles. The van der Waals surface area contributed by atoms with Crippen LogP contribution in [0.5, 0.6) is 0 Å². The van der Waals surface area contributed by atoms with E-state index in [9.17, 15) is 19.2 Å².